The van der Waals surface area contributed by atoms with Gasteiger partial charge < -0.3 is 9.15 Å². The Morgan fingerprint density at radius 2 is 2.18 bits per heavy atom. The van der Waals surface area contributed by atoms with Gasteiger partial charge in [-0.2, -0.15) is 5.10 Å². The van der Waals surface area contributed by atoms with Crippen LogP contribution in [0.4, 0.5) is 0 Å². The summed E-state index contributed by atoms with van der Waals surface area (Å²) in [6.45, 7) is 1.75. The minimum absolute atomic E-state index is 0.251. The summed E-state index contributed by atoms with van der Waals surface area (Å²) in [4.78, 5) is 12.1. The lowest BCUT2D eigenvalue weighted by atomic mass is 9.90. The molecule has 1 heterocycles. The van der Waals surface area contributed by atoms with E-state index in [-0.39, 0.29) is 5.91 Å². The van der Waals surface area contributed by atoms with Crippen molar-refractivity contribution in [3.63, 3.8) is 0 Å². The summed E-state index contributed by atoms with van der Waals surface area (Å²) in [5.74, 6) is 1.18. The second-order valence-electron chi connectivity index (χ2n) is 5.27. The molecule has 1 aliphatic rings. The number of hydrogen-bond acceptors (Lipinski definition) is 4. The van der Waals surface area contributed by atoms with Crippen LogP contribution in [0.25, 0.3) is 0 Å². The maximum absolute atomic E-state index is 12.1. The van der Waals surface area contributed by atoms with E-state index in [9.17, 15) is 4.79 Å². The predicted molar refractivity (Wildman–Crippen MR) is 83.4 cm³/mol. The maximum atomic E-state index is 12.1. The molecule has 0 spiro atoms. The second-order valence-corrected chi connectivity index (χ2v) is 5.27. The van der Waals surface area contributed by atoms with Crippen LogP contribution in [0.5, 0.6) is 5.75 Å². The molecular weight excluding hydrogens is 280 g/mol. The molecule has 0 saturated carbocycles. The van der Waals surface area contributed by atoms with E-state index < -0.39 is 0 Å². The molecule has 22 heavy (non-hydrogen) atoms. The quantitative estimate of drug-likeness (QED) is 0.886. The van der Waals surface area contributed by atoms with Gasteiger partial charge in [-0.15, -0.1) is 0 Å². The molecule has 1 aliphatic carbocycles. The van der Waals surface area contributed by atoms with E-state index in [1.54, 1.807) is 20.1 Å². The average molecular weight is 298 g/mol. The molecule has 5 nitrogen and oxygen atoms in total. The Hall–Kier alpha value is -2.56. The van der Waals surface area contributed by atoms with Crippen LogP contribution in [0, 0.1) is 6.92 Å². The summed E-state index contributed by atoms with van der Waals surface area (Å²) in [6, 6.07) is 7.60. The molecule has 1 N–H and O–H groups in total. The minimum atomic E-state index is -0.251. The summed E-state index contributed by atoms with van der Waals surface area (Å²) in [7, 11) is 1.66. The minimum Gasteiger partial charge on any atom is -0.497 e. The van der Waals surface area contributed by atoms with Crippen LogP contribution in [-0.4, -0.2) is 18.7 Å². The third kappa shape index (κ3) is 2.74. The Morgan fingerprint density at radius 3 is 2.91 bits per heavy atom. The molecule has 0 radical (unpaired) electrons. The molecule has 0 saturated heterocycles. The van der Waals surface area contributed by atoms with Crippen molar-refractivity contribution in [3.05, 3.63) is 53.0 Å². The number of furan rings is 1. The highest BCUT2D eigenvalue weighted by Crippen LogP contribution is 2.25. The number of methoxy groups -OCH3 is 1. The summed E-state index contributed by atoms with van der Waals surface area (Å²) in [5, 5.41) is 4.31. The highest BCUT2D eigenvalue weighted by Gasteiger charge is 2.17. The van der Waals surface area contributed by atoms with Crippen LogP contribution in [0.1, 0.15) is 40.1 Å². The summed E-state index contributed by atoms with van der Waals surface area (Å²) >= 11 is 0. The molecule has 1 aromatic carbocycles. The van der Waals surface area contributed by atoms with Crippen LogP contribution in [0.2, 0.25) is 0 Å². The number of carbonyl (C=O) groups is 1. The molecule has 3 rings (SSSR count). The van der Waals surface area contributed by atoms with Crippen molar-refractivity contribution in [2.24, 2.45) is 5.10 Å². The van der Waals surface area contributed by atoms with Crippen molar-refractivity contribution >= 4 is 11.6 Å². The van der Waals surface area contributed by atoms with Crippen LogP contribution >= 0.6 is 0 Å². The number of benzene rings is 1. The lowest BCUT2D eigenvalue weighted by molar-refractivity contribution is 0.0953. The molecule has 114 valence electrons. The van der Waals surface area contributed by atoms with Gasteiger partial charge in [-0.05, 0) is 56.0 Å². The van der Waals surface area contributed by atoms with Gasteiger partial charge in [0, 0.05) is 5.56 Å². The van der Waals surface area contributed by atoms with Crippen molar-refractivity contribution in [1.82, 2.24) is 5.43 Å². The van der Waals surface area contributed by atoms with Gasteiger partial charge in [-0.25, -0.2) is 5.43 Å². The topological polar surface area (TPSA) is 63.8 Å². The maximum Gasteiger partial charge on any atom is 0.274 e. The van der Waals surface area contributed by atoms with Crippen molar-refractivity contribution in [2.75, 3.05) is 7.11 Å². The lowest BCUT2D eigenvalue weighted by Gasteiger charge is -2.18. The predicted octanol–water partition coefficient (Wildman–Crippen LogP) is 3.07. The standard InChI is InChI=1S/C17H18N2O3/c1-11-14(8-9-22-11)17(20)19-18-16-5-3-4-12-10-13(21-2)6-7-15(12)16/h6-10H,3-5H2,1-2H3,(H,19,20)/b18-16-. The summed E-state index contributed by atoms with van der Waals surface area (Å²) < 4.78 is 10.4. The average Bonchev–Trinajstić information content (AvgIpc) is 2.98. The molecule has 5 heteroatoms. The SMILES string of the molecule is COc1ccc2c(c1)CCC/C2=N/NC(=O)c1ccoc1C. The van der Waals surface area contributed by atoms with Gasteiger partial charge in [0.05, 0.1) is 24.6 Å². The third-order valence-corrected chi connectivity index (χ3v) is 3.88. The zero-order valence-corrected chi connectivity index (χ0v) is 12.7. The Balaban J connectivity index is 1.82. The molecule has 1 amide bonds. The first-order valence-electron chi connectivity index (χ1n) is 7.27. The number of fused-ring (bicyclic) bond motifs is 1. The van der Waals surface area contributed by atoms with E-state index in [4.69, 9.17) is 9.15 Å². The Labute approximate surface area is 129 Å². The van der Waals surface area contributed by atoms with Crippen LogP contribution in [0.3, 0.4) is 0 Å². The number of rotatable bonds is 3. The van der Waals surface area contributed by atoms with Crippen molar-refractivity contribution < 1.29 is 13.9 Å². The molecule has 0 aliphatic heterocycles. The molecule has 0 fully saturated rings. The van der Waals surface area contributed by atoms with Gasteiger partial charge in [0.1, 0.15) is 11.5 Å². The Morgan fingerprint density at radius 1 is 1.32 bits per heavy atom. The fourth-order valence-electron chi connectivity index (χ4n) is 2.68. The molecule has 0 bridgehead atoms. The smallest absolute Gasteiger partial charge is 0.274 e. The van der Waals surface area contributed by atoms with E-state index >= 15 is 0 Å². The van der Waals surface area contributed by atoms with E-state index in [0.29, 0.717) is 11.3 Å². The number of hydrazone groups is 1. The van der Waals surface area contributed by atoms with E-state index in [1.165, 1.54) is 11.8 Å². The van der Waals surface area contributed by atoms with Crippen molar-refractivity contribution in [1.29, 1.82) is 0 Å². The van der Waals surface area contributed by atoms with E-state index in [2.05, 4.69) is 10.5 Å². The van der Waals surface area contributed by atoms with Crippen molar-refractivity contribution in [2.45, 2.75) is 26.2 Å². The molecule has 0 atom stereocenters. The van der Waals surface area contributed by atoms with Gasteiger partial charge in [0.15, 0.2) is 0 Å². The zero-order chi connectivity index (χ0) is 15.5. The number of nitrogens with one attached hydrogen (secondary N) is 1. The Bertz CT molecular complexity index is 731. The van der Waals surface area contributed by atoms with Gasteiger partial charge >= 0.3 is 0 Å². The number of carbonyl (C=O) groups excluding carboxylic acids is 1. The van der Waals surface area contributed by atoms with E-state index in [1.807, 2.05) is 18.2 Å². The van der Waals surface area contributed by atoms with Gasteiger partial charge in [0.25, 0.3) is 5.91 Å². The van der Waals surface area contributed by atoms with E-state index in [0.717, 1.165) is 36.3 Å². The fourth-order valence-corrected chi connectivity index (χ4v) is 2.68. The molecule has 0 unspecified atom stereocenters. The Kier molecular flexibility index (Phi) is 3.96. The lowest BCUT2D eigenvalue weighted by Crippen LogP contribution is -2.22. The highest BCUT2D eigenvalue weighted by molar-refractivity contribution is 6.04. The highest BCUT2D eigenvalue weighted by atomic mass is 16.5. The van der Waals surface area contributed by atoms with Crippen LogP contribution in [0.15, 0.2) is 40.0 Å². The van der Waals surface area contributed by atoms with Gasteiger partial charge in [-0.1, -0.05) is 0 Å². The van der Waals surface area contributed by atoms with Crippen molar-refractivity contribution in [3.8, 4) is 5.75 Å². The normalized spacial score (nSPS) is 15.5. The molecule has 1 aromatic heterocycles. The second kappa shape index (κ2) is 6.05. The molecule has 2 aromatic rings. The molecular formula is C17H18N2O3. The first-order valence-corrected chi connectivity index (χ1v) is 7.27. The fraction of sp³-hybridized carbons (Fsp3) is 0.294. The number of aryl methyl sites for hydroxylation is 2. The summed E-state index contributed by atoms with van der Waals surface area (Å²) in [5.41, 5.74) is 6.32. The monoisotopic (exact) mass is 298 g/mol. The summed E-state index contributed by atoms with van der Waals surface area (Å²) in [6.07, 6.45) is 4.36. The van der Waals surface area contributed by atoms with Crippen LogP contribution in [-0.2, 0) is 6.42 Å². The first-order chi connectivity index (χ1) is 10.7. The number of ether oxygens (including phenoxy) is 1. The van der Waals surface area contributed by atoms with Gasteiger partial charge in [-0.3, -0.25) is 4.79 Å². The third-order valence-electron chi connectivity index (χ3n) is 3.88. The first kappa shape index (κ1) is 14.4. The number of nitrogens with zero attached hydrogens (tertiary/aromatic N) is 1. The van der Waals surface area contributed by atoms with Crippen LogP contribution < -0.4 is 10.2 Å². The zero-order valence-electron chi connectivity index (χ0n) is 12.7. The number of amides is 1. The number of hydrogen-bond donors (Lipinski definition) is 1. The van der Waals surface area contributed by atoms with Gasteiger partial charge in [0.2, 0.25) is 0 Å². The largest absolute Gasteiger partial charge is 0.497 e.